The number of hydrogen-bond donors (Lipinski definition) is 1. The zero-order chi connectivity index (χ0) is 28.1. The molecule has 2 rings (SSSR count). The molecule has 5 nitrogen and oxygen atoms in total. The summed E-state index contributed by atoms with van der Waals surface area (Å²) in [5.41, 5.74) is 3.49. The predicted molar refractivity (Wildman–Crippen MR) is 163 cm³/mol. The molecule has 1 N–H and O–H groups in total. The van der Waals surface area contributed by atoms with Crippen LogP contribution in [0.15, 0.2) is 47.6 Å². The van der Waals surface area contributed by atoms with Crippen molar-refractivity contribution >= 4 is 41.3 Å². The van der Waals surface area contributed by atoms with E-state index in [0.717, 1.165) is 12.8 Å². The van der Waals surface area contributed by atoms with E-state index < -0.39 is 5.97 Å². The molecule has 0 saturated heterocycles. The topological polar surface area (TPSA) is 67.8 Å². The van der Waals surface area contributed by atoms with Gasteiger partial charge in [0.05, 0.1) is 16.8 Å². The third-order valence-corrected chi connectivity index (χ3v) is 7.18. The molecule has 0 aliphatic rings. The molecule has 1 amide bonds. The number of halogens is 2. The monoisotopic (exact) mass is 574 g/mol. The number of hydrazone groups is 1. The molecular weight excluding hydrogens is 531 g/mol. The van der Waals surface area contributed by atoms with E-state index in [1.165, 1.54) is 102 Å². The number of rotatable bonds is 20. The van der Waals surface area contributed by atoms with Gasteiger partial charge in [-0.25, -0.2) is 10.2 Å². The number of nitrogens with zero attached hydrogens (tertiary/aromatic N) is 1. The quantitative estimate of drug-likeness (QED) is 0.0562. The minimum atomic E-state index is -0.581. The van der Waals surface area contributed by atoms with Crippen molar-refractivity contribution in [2.75, 3.05) is 0 Å². The highest BCUT2D eigenvalue weighted by atomic mass is 35.5. The molecule has 0 unspecified atom stereocenters. The van der Waals surface area contributed by atoms with E-state index in [0.29, 0.717) is 22.8 Å². The van der Waals surface area contributed by atoms with Crippen LogP contribution >= 0.6 is 23.2 Å². The largest absolute Gasteiger partial charge is 0.423 e. The Morgan fingerprint density at radius 2 is 1.38 bits per heavy atom. The van der Waals surface area contributed by atoms with Crippen molar-refractivity contribution in [3.8, 4) is 5.75 Å². The van der Waals surface area contributed by atoms with Crippen LogP contribution in [-0.2, 0) is 4.79 Å². The summed E-state index contributed by atoms with van der Waals surface area (Å²) in [4.78, 5) is 24.5. The first-order chi connectivity index (χ1) is 19.0. The van der Waals surface area contributed by atoms with Gasteiger partial charge < -0.3 is 4.74 Å². The average Bonchev–Trinajstić information content (AvgIpc) is 2.91. The van der Waals surface area contributed by atoms with Crippen LogP contribution in [0, 0.1) is 0 Å². The van der Waals surface area contributed by atoms with Crippen molar-refractivity contribution in [2.45, 2.75) is 110 Å². The molecule has 2 aromatic rings. The van der Waals surface area contributed by atoms with Crippen LogP contribution in [0.4, 0.5) is 0 Å². The van der Waals surface area contributed by atoms with Crippen molar-refractivity contribution < 1.29 is 14.3 Å². The van der Waals surface area contributed by atoms with Crippen LogP contribution in [0.5, 0.6) is 5.75 Å². The maximum absolute atomic E-state index is 12.4. The Labute approximate surface area is 244 Å². The Morgan fingerprint density at radius 1 is 0.795 bits per heavy atom. The second kappa shape index (κ2) is 20.5. The standard InChI is InChI=1S/C32H44Cl2N2O3/c1-2-3-4-5-6-7-8-9-10-11-12-13-14-15-16-20-31(37)36-35-25-26-18-17-19-28(23-26)39-32(38)29-22-21-27(33)24-30(29)34/h17-19,21-25H,2-16,20H2,1H3,(H,36,37)/b35-25-. The molecule has 0 fully saturated rings. The Kier molecular flexibility index (Phi) is 17.3. The fourth-order valence-electron chi connectivity index (χ4n) is 4.37. The number of nitrogens with one attached hydrogen (secondary N) is 1. The molecule has 0 spiro atoms. The molecule has 39 heavy (non-hydrogen) atoms. The van der Waals surface area contributed by atoms with E-state index in [1.807, 2.05) is 0 Å². The smallest absolute Gasteiger partial charge is 0.345 e. The highest BCUT2D eigenvalue weighted by molar-refractivity contribution is 6.36. The average molecular weight is 576 g/mol. The lowest BCUT2D eigenvalue weighted by molar-refractivity contribution is -0.121. The highest BCUT2D eigenvalue weighted by Gasteiger charge is 2.13. The molecule has 0 heterocycles. The molecule has 214 valence electrons. The third kappa shape index (κ3) is 15.1. The number of hydrogen-bond acceptors (Lipinski definition) is 4. The SMILES string of the molecule is CCCCCCCCCCCCCCCCCC(=O)N/N=C\c1cccc(OC(=O)c2ccc(Cl)cc2Cl)c1. The second-order valence-electron chi connectivity index (χ2n) is 10.1. The summed E-state index contributed by atoms with van der Waals surface area (Å²) in [6.45, 7) is 2.27. The normalized spacial score (nSPS) is 11.2. The van der Waals surface area contributed by atoms with Gasteiger partial charge in [-0.3, -0.25) is 4.79 Å². The second-order valence-corrected chi connectivity index (χ2v) is 10.9. The fourth-order valence-corrected chi connectivity index (χ4v) is 4.85. The van der Waals surface area contributed by atoms with Gasteiger partial charge in [-0.2, -0.15) is 5.10 Å². The Bertz CT molecular complexity index is 1030. The first-order valence-corrected chi connectivity index (χ1v) is 15.3. The fraction of sp³-hybridized carbons (Fsp3) is 0.531. The number of benzene rings is 2. The molecule has 0 bridgehead atoms. The van der Waals surface area contributed by atoms with Crippen molar-refractivity contribution in [1.82, 2.24) is 5.43 Å². The Balaban J connectivity index is 1.52. The van der Waals surface area contributed by atoms with Crippen LogP contribution in [0.25, 0.3) is 0 Å². The lowest BCUT2D eigenvalue weighted by Gasteiger charge is -2.07. The lowest BCUT2D eigenvalue weighted by Crippen LogP contribution is -2.16. The van der Waals surface area contributed by atoms with E-state index in [2.05, 4.69) is 17.5 Å². The van der Waals surface area contributed by atoms with Crippen LogP contribution in [-0.4, -0.2) is 18.1 Å². The number of esters is 1. The van der Waals surface area contributed by atoms with Gasteiger partial charge in [0.15, 0.2) is 0 Å². The Morgan fingerprint density at radius 3 is 1.97 bits per heavy atom. The maximum Gasteiger partial charge on any atom is 0.345 e. The molecule has 2 aromatic carbocycles. The van der Waals surface area contributed by atoms with Crippen LogP contribution in [0.1, 0.15) is 126 Å². The molecule has 0 radical (unpaired) electrons. The summed E-state index contributed by atoms with van der Waals surface area (Å²) in [7, 11) is 0. The molecule has 0 aromatic heterocycles. The zero-order valence-electron chi connectivity index (χ0n) is 23.4. The van der Waals surface area contributed by atoms with Gasteiger partial charge in [0.25, 0.3) is 0 Å². The summed E-state index contributed by atoms with van der Waals surface area (Å²) in [6, 6.07) is 11.5. The molecule has 0 aliphatic carbocycles. The molecule has 7 heteroatoms. The number of carbonyl (C=O) groups excluding carboxylic acids is 2. The van der Waals surface area contributed by atoms with Gasteiger partial charge in [0, 0.05) is 11.4 Å². The minimum absolute atomic E-state index is 0.0964. The van der Waals surface area contributed by atoms with Crippen LogP contribution in [0.2, 0.25) is 10.0 Å². The summed E-state index contributed by atoms with van der Waals surface area (Å²) < 4.78 is 5.41. The Hall–Kier alpha value is -2.37. The van der Waals surface area contributed by atoms with Crippen molar-refractivity contribution in [1.29, 1.82) is 0 Å². The molecule has 0 atom stereocenters. The number of carbonyl (C=O) groups is 2. The van der Waals surface area contributed by atoms with Gasteiger partial charge in [-0.05, 0) is 42.3 Å². The van der Waals surface area contributed by atoms with E-state index in [1.54, 1.807) is 30.3 Å². The third-order valence-electron chi connectivity index (χ3n) is 6.63. The van der Waals surface area contributed by atoms with Crippen molar-refractivity contribution in [3.63, 3.8) is 0 Å². The van der Waals surface area contributed by atoms with E-state index >= 15 is 0 Å². The van der Waals surface area contributed by atoms with E-state index in [4.69, 9.17) is 27.9 Å². The number of amides is 1. The lowest BCUT2D eigenvalue weighted by atomic mass is 10.0. The van der Waals surface area contributed by atoms with Crippen LogP contribution < -0.4 is 10.2 Å². The van der Waals surface area contributed by atoms with E-state index in [-0.39, 0.29) is 16.5 Å². The highest BCUT2D eigenvalue weighted by Crippen LogP contribution is 2.23. The zero-order valence-corrected chi connectivity index (χ0v) is 24.9. The van der Waals surface area contributed by atoms with Crippen molar-refractivity contribution in [3.05, 3.63) is 63.6 Å². The number of unbranched alkanes of at least 4 members (excludes halogenated alkanes) is 14. The van der Waals surface area contributed by atoms with Gasteiger partial charge in [-0.15, -0.1) is 0 Å². The molecule has 0 aliphatic heterocycles. The molecular formula is C32H44Cl2N2O3. The molecule has 0 saturated carbocycles. The van der Waals surface area contributed by atoms with Crippen LogP contribution in [0.3, 0.4) is 0 Å². The summed E-state index contributed by atoms with van der Waals surface area (Å²) >= 11 is 12.0. The van der Waals surface area contributed by atoms with Gasteiger partial charge >= 0.3 is 5.97 Å². The summed E-state index contributed by atoms with van der Waals surface area (Å²) in [5, 5.41) is 4.70. The first-order valence-electron chi connectivity index (χ1n) is 14.6. The predicted octanol–water partition coefficient (Wildman–Crippen LogP) is 9.92. The maximum atomic E-state index is 12.4. The summed E-state index contributed by atoms with van der Waals surface area (Å²) in [6.07, 6.45) is 21.5. The minimum Gasteiger partial charge on any atom is -0.423 e. The summed E-state index contributed by atoms with van der Waals surface area (Å²) in [5.74, 6) is -0.331. The first kappa shape index (κ1) is 32.8. The van der Waals surface area contributed by atoms with Gasteiger partial charge in [0.2, 0.25) is 5.91 Å². The number of ether oxygens (including phenoxy) is 1. The van der Waals surface area contributed by atoms with E-state index in [9.17, 15) is 9.59 Å². The van der Waals surface area contributed by atoms with Gasteiger partial charge in [0.1, 0.15) is 5.75 Å². The van der Waals surface area contributed by atoms with Crippen molar-refractivity contribution in [2.24, 2.45) is 5.10 Å². The van der Waals surface area contributed by atoms with Gasteiger partial charge in [-0.1, -0.05) is 132 Å².